The van der Waals surface area contributed by atoms with Crippen molar-refractivity contribution in [3.05, 3.63) is 65.0 Å². The summed E-state index contributed by atoms with van der Waals surface area (Å²) in [6.45, 7) is 4.05. The molecule has 0 radical (unpaired) electrons. The lowest BCUT2D eigenvalue weighted by molar-refractivity contribution is -0.120. The standard InChI is InChI=1S/C25H29FN2O2S/c1-16-8-13-21(14-17(16)2)27-23(29)22-15-31-25(19-6-4-3-5-7-19)28(22)24(30)18-9-11-20(26)12-10-18/h8-14,19,22,25H,3-7,15H2,1-2H3,(H,27,29). The molecule has 0 aromatic heterocycles. The lowest BCUT2D eigenvalue weighted by atomic mass is 9.88. The van der Waals surface area contributed by atoms with E-state index in [0.29, 0.717) is 17.2 Å². The van der Waals surface area contributed by atoms with E-state index in [0.717, 1.165) is 24.1 Å². The van der Waals surface area contributed by atoms with Crippen molar-refractivity contribution in [2.45, 2.75) is 57.4 Å². The van der Waals surface area contributed by atoms with E-state index in [1.807, 2.05) is 32.0 Å². The topological polar surface area (TPSA) is 49.4 Å². The summed E-state index contributed by atoms with van der Waals surface area (Å²) in [4.78, 5) is 28.5. The van der Waals surface area contributed by atoms with Crippen LogP contribution in [0.4, 0.5) is 10.1 Å². The summed E-state index contributed by atoms with van der Waals surface area (Å²) >= 11 is 1.71. The van der Waals surface area contributed by atoms with Crippen molar-refractivity contribution in [2.75, 3.05) is 11.1 Å². The average Bonchev–Trinajstić information content (AvgIpc) is 3.22. The number of aryl methyl sites for hydroxylation is 2. The summed E-state index contributed by atoms with van der Waals surface area (Å²) in [6, 6.07) is 10.9. The molecule has 6 heteroatoms. The Kier molecular flexibility index (Phi) is 6.65. The van der Waals surface area contributed by atoms with E-state index in [2.05, 4.69) is 5.32 Å². The first-order chi connectivity index (χ1) is 14.9. The predicted molar refractivity (Wildman–Crippen MR) is 124 cm³/mol. The Balaban J connectivity index is 1.59. The smallest absolute Gasteiger partial charge is 0.255 e. The van der Waals surface area contributed by atoms with Crippen LogP contribution >= 0.6 is 11.8 Å². The van der Waals surface area contributed by atoms with Gasteiger partial charge in [0.15, 0.2) is 0 Å². The zero-order chi connectivity index (χ0) is 22.0. The monoisotopic (exact) mass is 440 g/mol. The second-order valence-corrected chi connectivity index (χ2v) is 9.80. The third kappa shape index (κ3) is 4.79. The fourth-order valence-corrected chi connectivity index (χ4v) is 6.19. The number of halogens is 1. The minimum absolute atomic E-state index is 0.0200. The van der Waals surface area contributed by atoms with Crippen molar-refractivity contribution >= 4 is 29.3 Å². The van der Waals surface area contributed by atoms with Crippen molar-refractivity contribution < 1.29 is 14.0 Å². The number of nitrogens with zero attached hydrogens (tertiary/aromatic N) is 1. The molecular weight excluding hydrogens is 411 g/mol. The van der Waals surface area contributed by atoms with E-state index < -0.39 is 6.04 Å². The SMILES string of the molecule is Cc1ccc(NC(=O)C2CSC(C3CCCCC3)N2C(=O)c2ccc(F)cc2)cc1C. The highest BCUT2D eigenvalue weighted by Gasteiger charge is 2.45. The van der Waals surface area contributed by atoms with E-state index in [9.17, 15) is 14.0 Å². The Labute approximate surface area is 187 Å². The van der Waals surface area contributed by atoms with Crippen LogP contribution in [0.25, 0.3) is 0 Å². The van der Waals surface area contributed by atoms with Gasteiger partial charge in [-0.25, -0.2) is 4.39 Å². The second kappa shape index (κ2) is 9.43. The number of amides is 2. The van der Waals surface area contributed by atoms with Crippen LogP contribution in [-0.2, 0) is 4.79 Å². The first-order valence-electron chi connectivity index (χ1n) is 11.0. The molecule has 1 aliphatic heterocycles. The highest BCUT2D eigenvalue weighted by molar-refractivity contribution is 8.00. The van der Waals surface area contributed by atoms with Gasteiger partial charge < -0.3 is 10.2 Å². The first kappa shape index (κ1) is 21.9. The molecule has 1 heterocycles. The van der Waals surface area contributed by atoms with Crippen LogP contribution in [0.1, 0.15) is 53.6 Å². The third-order valence-corrected chi connectivity index (χ3v) is 7.95. The van der Waals surface area contributed by atoms with Gasteiger partial charge in [0, 0.05) is 17.0 Å². The van der Waals surface area contributed by atoms with Crippen molar-refractivity contribution in [1.29, 1.82) is 0 Å². The lowest BCUT2D eigenvalue weighted by Crippen LogP contribution is -2.49. The van der Waals surface area contributed by atoms with Gasteiger partial charge in [0.25, 0.3) is 5.91 Å². The van der Waals surface area contributed by atoms with Crippen LogP contribution in [0.15, 0.2) is 42.5 Å². The van der Waals surface area contributed by atoms with Crippen LogP contribution in [0, 0.1) is 25.6 Å². The molecular formula is C25H29FN2O2S. The van der Waals surface area contributed by atoms with Crippen molar-refractivity contribution in [3.8, 4) is 0 Å². The minimum atomic E-state index is -0.545. The maximum Gasteiger partial charge on any atom is 0.255 e. The summed E-state index contributed by atoms with van der Waals surface area (Å²) in [5.74, 6) is 0.234. The molecule has 4 rings (SSSR count). The van der Waals surface area contributed by atoms with Gasteiger partial charge in [-0.15, -0.1) is 11.8 Å². The Morgan fingerprint density at radius 3 is 2.39 bits per heavy atom. The lowest BCUT2D eigenvalue weighted by Gasteiger charge is -2.35. The summed E-state index contributed by atoms with van der Waals surface area (Å²) in [7, 11) is 0. The van der Waals surface area contributed by atoms with Gasteiger partial charge in [0.1, 0.15) is 11.9 Å². The fourth-order valence-electron chi connectivity index (χ4n) is 4.56. The maximum absolute atomic E-state index is 13.5. The Morgan fingerprint density at radius 2 is 1.71 bits per heavy atom. The number of hydrogen-bond acceptors (Lipinski definition) is 3. The number of nitrogens with one attached hydrogen (secondary N) is 1. The van der Waals surface area contributed by atoms with Gasteiger partial charge in [-0.2, -0.15) is 0 Å². The summed E-state index contributed by atoms with van der Waals surface area (Å²) in [5, 5.41) is 2.99. The number of benzene rings is 2. The molecule has 164 valence electrons. The van der Waals surface area contributed by atoms with Crippen LogP contribution in [0.2, 0.25) is 0 Å². The number of carbonyl (C=O) groups excluding carboxylic acids is 2. The number of thioether (sulfide) groups is 1. The summed E-state index contributed by atoms with van der Waals surface area (Å²) in [5.41, 5.74) is 3.44. The average molecular weight is 441 g/mol. The molecule has 2 aromatic rings. The highest BCUT2D eigenvalue weighted by atomic mass is 32.2. The predicted octanol–water partition coefficient (Wildman–Crippen LogP) is 5.55. The van der Waals surface area contributed by atoms with Crippen LogP contribution in [0.5, 0.6) is 0 Å². The fraction of sp³-hybridized carbons (Fsp3) is 0.440. The molecule has 1 N–H and O–H groups in total. The van der Waals surface area contributed by atoms with Gasteiger partial charge in [0.2, 0.25) is 5.91 Å². The summed E-state index contributed by atoms with van der Waals surface area (Å²) in [6.07, 6.45) is 5.73. The van der Waals surface area contributed by atoms with E-state index in [4.69, 9.17) is 0 Å². The molecule has 2 fully saturated rings. The van der Waals surface area contributed by atoms with Gasteiger partial charge in [-0.1, -0.05) is 25.3 Å². The zero-order valence-electron chi connectivity index (χ0n) is 18.1. The number of anilines is 1. The molecule has 1 aliphatic carbocycles. The Bertz CT molecular complexity index is 956. The molecule has 4 nitrogen and oxygen atoms in total. The van der Waals surface area contributed by atoms with Gasteiger partial charge in [-0.3, -0.25) is 9.59 Å². The molecule has 2 amide bonds. The van der Waals surface area contributed by atoms with Gasteiger partial charge in [0.05, 0.1) is 5.37 Å². The van der Waals surface area contributed by atoms with Gasteiger partial charge in [-0.05, 0) is 80.1 Å². The van der Waals surface area contributed by atoms with Crippen LogP contribution in [0.3, 0.4) is 0 Å². The molecule has 1 saturated carbocycles. The van der Waals surface area contributed by atoms with E-state index in [1.165, 1.54) is 49.1 Å². The largest absolute Gasteiger partial charge is 0.324 e. The number of rotatable bonds is 4. The highest BCUT2D eigenvalue weighted by Crippen LogP contribution is 2.41. The normalized spacial score (nSPS) is 21.8. The quantitative estimate of drug-likeness (QED) is 0.679. The molecule has 2 aliphatic rings. The van der Waals surface area contributed by atoms with E-state index in [-0.39, 0.29) is 23.0 Å². The molecule has 31 heavy (non-hydrogen) atoms. The Morgan fingerprint density at radius 1 is 1.00 bits per heavy atom. The molecule has 0 bridgehead atoms. The molecule has 0 spiro atoms. The molecule has 1 saturated heterocycles. The van der Waals surface area contributed by atoms with Gasteiger partial charge >= 0.3 is 0 Å². The molecule has 2 atom stereocenters. The maximum atomic E-state index is 13.5. The van der Waals surface area contributed by atoms with E-state index in [1.54, 1.807) is 16.7 Å². The first-order valence-corrected chi connectivity index (χ1v) is 12.1. The van der Waals surface area contributed by atoms with E-state index >= 15 is 0 Å². The van der Waals surface area contributed by atoms with Crippen molar-refractivity contribution in [2.24, 2.45) is 5.92 Å². The van der Waals surface area contributed by atoms with Crippen molar-refractivity contribution in [3.63, 3.8) is 0 Å². The summed E-state index contributed by atoms with van der Waals surface area (Å²) < 4.78 is 13.4. The number of hydrogen-bond donors (Lipinski definition) is 1. The minimum Gasteiger partial charge on any atom is -0.324 e. The Hall–Kier alpha value is -2.34. The third-order valence-electron chi connectivity index (χ3n) is 6.49. The van der Waals surface area contributed by atoms with Crippen LogP contribution in [-0.4, -0.2) is 33.9 Å². The second-order valence-electron chi connectivity index (χ2n) is 8.65. The molecule has 2 unspecified atom stereocenters. The van der Waals surface area contributed by atoms with Crippen molar-refractivity contribution in [1.82, 2.24) is 4.90 Å². The molecule has 2 aromatic carbocycles. The van der Waals surface area contributed by atoms with Crippen LogP contribution < -0.4 is 5.32 Å². The zero-order valence-corrected chi connectivity index (χ0v) is 18.9. The number of carbonyl (C=O) groups is 2.